The van der Waals surface area contributed by atoms with Gasteiger partial charge < -0.3 is 10.1 Å². The molecule has 16 heavy (non-hydrogen) atoms. The van der Waals surface area contributed by atoms with Crippen molar-refractivity contribution in [2.75, 3.05) is 12.4 Å². The van der Waals surface area contributed by atoms with E-state index in [9.17, 15) is 0 Å². The smallest absolute Gasteiger partial charge is 0.214 e. The molecule has 0 unspecified atom stereocenters. The first-order valence-electron chi connectivity index (χ1n) is 5.01. The molecule has 5 heteroatoms. The lowest BCUT2D eigenvalue weighted by Gasteiger charge is -2.06. The lowest BCUT2D eigenvalue weighted by atomic mass is 10.4. The largest absolute Gasteiger partial charge is 0.481 e. The number of hydrogen-bond donors (Lipinski definition) is 1. The molecule has 0 aliphatic rings. The molecule has 2 rings (SSSR count). The third-order valence-corrected chi connectivity index (χ3v) is 2.31. The van der Waals surface area contributed by atoms with Gasteiger partial charge in [0, 0.05) is 19.3 Å². The highest BCUT2D eigenvalue weighted by Crippen LogP contribution is 2.11. The lowest BCUT2D eigenvalue weighted by Crippen LogP contribution is -2.06. The summed E-state index contributed by atoms with van der Waals surface area (Å²) in [4.78, 5) is 4.26. The van der Waals surface area contributed by atoms with Gasteiger partial charge in [0.2, 0.25) is 5.88 Å². The topological polar surface area (TPSA) is 52.0 Å². The normalized spacial score (nSPS) is 10.1. The van der Waals surface area contributed by atoms with Gasteiger partial charge in [-0.3, -0.25) is 4.68 Å². The predicted octanol–water partition coefficient (Wildman–Crippen LogP) is 1.44. The molecule has 0 aliphatic carbocycles. The van der Waals surface area contributed by atoms with Crippen LogP contribution in [0, 0.1) is 0 Å². The molecule has 0 atom stereocenters. The Morgan fingerprint density at radius 1 is 1.38 bits per heavy atom. The fraction of sp³-hybridized carbons (Fsp3) is 0.273. The molecule has 0 bridgehead atoms. The van der Waals surface area contributed by atoms with Crippen LogP contribution in [0.25, 0.3) is 0 Å². The van der Waals surface area contributed by atoms with Crippen molar-refractivity contribution in [2.45, 2.75) is 6.54 Å². The minimum Gasteiger partial charge on any atom is -0.481 e. The standard InChI is InChI=1S/C11H14N4O/c1-15-9(6-7-13-15)8-12-10-4-3-5-11(14-10)16-2/h3-7H,8H2,1-2H3,(H,12,14). The van der Waals surface area contributed by atoms with Crippen LogP contribution in [-0.4, -0.2) is 21.9 Å². The molecule has 2 heterocycles. The Morgan fingerprint density at radius 3 is 2.94 bits per heavy atom. The van der Waals surface area contributed by atoms with E-state index >= 15 is 0 Å². The number of aromatic nitrogens is 3. The van der Waals surface area contributed by atoms with Crippen LogP contribution in [0.15, 0.2) is 30.5 Å². The molecule has 0 radical (unpaired) electrons. The van der Waals surface area contributed by atoms with Crippen LogP contribution >= 0.6 is 0 Å². The van der Waals surface area contributed by atoms with Gasteiger partial charge in [-0.2, -0.15) is 10.1 Å². The lowest BCUT2D eigenvalue weighted by molar-refractivity contribution is 0.398. The highest BCUT2D eigenvalue weighted by molar-refractivity contribution is 5.37. The summed E-state index contributed by atoms with van der Waals surface area (Å²) in [6, 6.07) is 7.58. The van der Waals surface area contributed by atoms with Gasteiger partial charge in [-0.15, -0.1) is 0 Å². The van der Waals surface area contributed by atoms with E-state index in [1.54, 1.807) is 13.3 Å². The summed E-state index contributed by atoms with van der Waals surface area (Å²) in [6.07, 6.45) is 1.77. The van der Waals surface area contributed by atoms with Gasteiger partial charge in [0.25, 0.3) is 0 Å². The van der Waals surface area contributed by atoms with Crippen molar-refractivity contribution < 1.29 is 4.74 Å². The second-order valence-electron chi connectivity index (χ2n) is 3.36. The van der Waals surface area contributed by atoms with Gasteiger partial charge >= 0.3 is 0 Å². The first-order valence-corrected chi connectivity index (χ1v) is 5.01. The van der Waals surface area contributed by atoms with E-state index in [0.29, 0.717) is 12.4 Å². The van der Waals surface area contributed by atoms with E-state index in [4.69, 9.17) is 4.74 Å². The molecule has 0 amide bonds. The van der Waals surface area contributed by atoms with E-state index in [0.717, 1.165) is 11.5 Å². The van der Waals surface area contributed by atoms with Crippen molar-refractivity contribution in [1.82, 2.24) is 14.8 Å². The van der Waals surface area contributed by atoms with Gasteiger partial charge in [-0.1, -0.05) is 6.07 Å². The number of rotatable bonds is 4. The van der Waals surface area contributed by atoms with Crippen molar-refractivity contribution in [3.05, 3.63) is 36.2 Å². The summed E-state index contributed by atoms with van der Waals surface area (Å²) in [7, 11) is 3.52. The Balaban J connectivity index is 2.02. The zero-order valence-corrected chi connectivity index (χ0v) is 9.34. The van der Waals surface area contributed by atoms with E-state index in [-0.39, 0.29) is 0 Å². The number of aryl methyl sites for hydroxylation is 1. The zero-order chi connectivity index (χ0) is 11.4. The second-order valence-corrected chi connectivity index (χ2v) is 3.36. The summed E-state index contributed by atoms with van der Waals surface area (Å²) in [5, 5.41) is 7.30. The number of pyridine rings is 1. The Kier molecular flexibility index (Phi) is 3.05. The molecular weight excluding hydrogens is 204 g/mol. The number of methoxy groups -OCH3 is 1. The van der Waals surface area contributed by atoms with E-state index in [1.165, 1.54) is 0 Å². The fourth-order valence-electron chi connectivity index (χ4n) is 1.38. The summed E-state index contributed by atoms with van der Waals surface area (Å²) in [5.74, 6) is 1.40. The summed E-state index contributed by atoms with van der Waals surface area (Å²) >= 11 is 0. The Morgan fingerprint density at radius 2 is 2.25 bits per heavy atom. The Hall–Kier alpha value is -2.04. The maximum atomic E-state index is 5.05. The van der Waals surface area contributed by atoms with Crippen LogP contribution in [0.3, 0.4) is 0 Å². The molecule has 0 saturated heterocycles. The van der Waals surface area contributed by atoms with Gasteiger partial charge in [0.05, 0.1) is 19.3 Å². The number of nitrogens with zero attached hydrogens (tertiary/aromatic N) is 3. The molecule has 2 aromatic heterocycles. The number of anilines is 1. The Bertz CT molecular complexity index is 467. The highest BCUT2D eigenvalue weighted by Gasteiger charge is 2.00. The monoisotopic (exact) mass is 218 g/mol. The molecule has 0 saturated carbocycles. The summed E-state index contributed by atoms with van der Waals surface area (Å²) < 4.78 is 6.87. The molecule has 0 aliphatic heterocycles. The van der Waals surface area contributed by atoms with Gasteiger partial charge in [-0.25, -0.2) is 0 Å². The molecule has 1 N–H and O–H groups in total. The van der Waals surface area contributed by atoms with Crippen LogP contribution in [0.1, 0.15) is 5.69 Å². The fourth-order valence-corrected chi connectivity index (χ4v) is 1.38. The molecule has 2 aromatic rings. The second kappa shape index (κ2) is 4.65. The highest BCUT2D eigenvalue weighted by atomic mass is 16.5. The molecular formula is C11H14N4O. The van der Waals surface area contributed by atoms with Gasteiger partial charge in [0.15, 0.2) is 0 Å². The van der Waals surface area contributed by atoms with E-state index < -0.39 is 0 Å². The van der Waals surface area contributed by atoms with Crippen LogP contribution < -0.4 is 10.1 Å². The van der Waals surface area contributed by atoms with Crippen molar-refractivity contribution in [1.29, 1.82) is 0 Å². The SMILES string of the molecule is COc1cccc(NCc2ccnn2C)n1. The third kappa shape index (κ3) is 2.31. The maximum Gasteiger partial charge on any atom is 0.214 e. The van der Waals surface area contributed by atoms with Crippen LogP contribution in [0.4, 0.5) is 5.82 Å². The number of hydrogen-bond acceptors (Lipinski definition) is 4. The van der Waals surface area contributed by atoms with Crippen molar-refractivity contribution in [2.24, 2.45) is 7.05 Å². The molecule has 5 nitrogen and oxygen atoms in total. The first-order chi connectivity index (χ1) is 7.79. The molecule has 0 aromatic carbocycles. The van der Waals surface area contributed by atoms with E-state index in [2.05, 4.69) is 15.4 Å². The average molecular weight is 218 g/mol. The number of ether oxygens (including phenoxy) is 1. The zero-order valence-electron chi connectivity index (χ0n) is 9.34. The van der Waals surface area contributed by atoms with E-state index in [1.807, 2.05) is 36.0 Å². The summed E-state index contributed by atoms with van der Waals surface area (Å²) in [6.45, 7) is 0.691. The van der Waals surface area contributed by atoms with Gasteiger partial charge in [0.1, 0.15) is 5.82 Å². The molecule has 84 valence electrons. The third-order valence-electron chi connectivity index (χ3n) is 2.31. The Labute approximate surface area is 94.1 Å². The first kappa shape index (κ1) is 10.5. The number of nitrogens with one attached hydrogen (secondary N) is 1. The average Bonchev–Trinajstić information content (AvgIpc) is 2.72. The maximum absolute atomic E-state index is 5.05. The van der Waals surface area contributed by atoms with Crippen LogP contribution in [0.2, 0.25) is 0 Å². The summed E-state index contributed by atoms with van der Waals surface area (Å²) in [5.41, 5.74) is 1.10. The quantitative estimate of drug-likeness (QED) is 0.843. The minimum absolute atomic E-state index is 0.606. The molecule has 0 spiro atoms. The predicted molar refractivity (Wildman–Crippen MR) is 61.3 cm³/mol. The minimum atomic E-state index is 0.606. The molecule has 0 fully saturated rings. The van der Waals surface area contributed by atoms with Crippen molar-refractivity contribution in [3.8, 4) is 5.88 Å². The van der Waals surface area contributed by atoms with Crippen LogP contribution in [-0.2, 0) is 13.6 Å². The van der Waals surface area contributed by atoms with Gasteiger partial charge in [-0.05, 0) is 12.1 Å². The van der Waals surface area contributed by atoms with Crippen LogP contribution in [0.5, 0.6) is 5.88 Å². The van der Waals surface area contributed by atoms with Crippen molar-refractivity contribution in [3.63, 3.8) is 0 Å². The van der Waals surface area contributed by atoms with Crippen molar-refractivity contribution >= 4 is 5.82 Å².